The van der Waals surface area contributed by atoms with Gasteiger partial charge in [0, 0.05) is 18.1 Å². The van der Waals surface area contributed by atoms with Gasteiger partial charge in [-0.05, 0) is 29.8 Å². The lowest BCUT2D eigenvalue weighted by atomic mass is 10.2. The van der Waals surface area contributed by atoms with Gasteiger partial charge in [-0.15, -0.1) is 11.8 Å². The molecule has 0 bridgehead atoms. The number of pyridine rings is 2. The largest absolute Gasteiger partial charge is 0.478 e. The molecule has 6 nitrogen and oxygen atoms in total. The van der Waals surface area contributed by atoms with Crippen LogP contribution in [0.25, 0.3) is 0 Å². The van der Waals surface area contributed by atoms with Crippen LogP contribution in [0.4, 0.5) is 0 Å². The molecule has 7 heteroatoms. The van der Waals surface area contributed by atoms with Crippen LogP contribution in [-0.2, 0) is 10.5 Å². The fraction of sp³-hybridized carbons (Fsp3) is 0.143. The summed E-state index contributed by atoms with van der Waals surface area (Å²) in [5.41, 5.74) is 1.21. The van der Waals surface area contributed by atoms with Gasteiger partial charge in [-0.1, -0.05) is 0 Å². The van der Waals surface area contributed by atoms with Crippen molar-refractivity contribution in [3.8, 4) is 0 Å². The molecular formula is C14H12N2O4S. The van der Waals surface area contributed by atoms with E-state index in [9.17, 15) is 9.59 Å². The van der Waals surface area contributed by atoms with Gasteiger partial charge < -0.3 is 9.84 Å². The number of carbonyl (C=O) groups excluding carboxylic acids is 1. The van der Waals surface area contributed by atoms with E-state index in [0.29, 0.717) is 10.8 Å². The van der Waals surface area contributed by atoms with Crippen molar-refractivity contribution >= 4 is 23.7 Å². The Balaban J connectivity index is 2.14. The monoisotopic (exact) mass is 304 g/mol. The number of carboxylic acids is 1. The van der Waals surface area contributed by atoms with Crippen molar-refractivity contribution in [2.45, 2.75) is 10.8 Å². The average molecular weight is 304 g/mol. The number of carbonyl (C=O) groups is 2. The predicted molar refractivity (Wildman–Crippen MR) is 76.3 cm³/mol. The van der Waals surface area contributed by atoms with Crippen LogP contribution < -0.4 is 0 Å². The maximum Gasteiger partial charge on any atom is 0.356 e. The zero-order valence-corrected chi connectivity index (χ0v) is 12.0. The van der Waals surface area contributed by atoms with Gasteiger partial charge >= 0.3 is 11.9 Å². The fourth-order valence-corrected chi connectivity index (χ4v) is 2.53. The van der Waals surface area contributed by atoms with Crippen LogP contribution in [0.5, 0.6) is 0 Å². The Bertz CT molecular complexity index is 676. The highest BCUT2D eigenvalue weighted by molar-refractivity contribution is 7.98. The molecule has 0 amide bonds. The first-order valence-electron chi connectivity index (χ1n) is 5.96. The van der Waals surface area contributed by atoms with Gasteiger partial charge in [0.05, 0.1) is 12.7 Å². The summed E-state index contributed by atoms with van der Waals surface area (Å²) in [4.78, 5) is 30.5. The molecule has 2 aromatic heterocycles. The number of nitrogens with zero attached hydrogens (tertiary/aromatic N) is 2. The maximum atomic E-state index is 11.4. The Morgan fingerprint density at radius 3 is 2.81 bits per heavy atom. The fourth-order valence-electron chi connectivity index (χ4n) is 1.60. The minimum atomic E-state index is -1.02. The molecule has 0 unspecified atom stereocenters. The Kier molecular flexibility index (Phi) is 4.89. The SMILES string of the molecule is COC(=O)c1cc(CSc2ncccc2C(=O)O)ccn1. The van der Waals surface area contributed by atoms with Crippen LogP contribution in [0.2, 0.25) is 0 Å². The average Bonchev–Trinajstić information content (AvgIpc) is 2.52. The van der Waals surface area contributed by atoms with Crippen LogP contribution in [0.1, 0.15) is 26.4 Å². The Labute approximate surface area is 125 Å². The maximum absolute atomic E-state index is 11.4. The number of rotatable bonds is 5. The molecule has 0 atom stereocenters. The molecule has 0 aliphatic rings. The van der Waals surface area contributed by atoms with Crippen molar-refractivity contribution in [3.63, 3.8) is 0 Å². The standard InChI is InChI=1S/C14H12N2O4S/c1-20-14(19)11-7-9(4-6-15-11)8-21-12-10(13(17)18)3-2-5-16-12/h2-7H,8H2,1H3,(H,17,18). The number of hydrogen-bond acceptors (Lipinski definition) is 6. The summed E-state index contributed by atoms with van der Waals surface area (Å²) in [6, 6.07) is 6.45. The molecule has 2 aromatic rings. The molecule has 0 radical (unpaired) electrons. The van der Waals surface area contributed by atoms with Crippen LogP contribution in [-0.4, -0.2) is 34.1 Å². The number of esters is 1. The number of aromatic nitrogens is 2. The first-order valence-corrected chi connectivity index (χ1v) is 6.94. The highest BCUT2D eigenvalue weighted by atomic mass is 32.2. The van der Waals surface area contributed by atoms with E-state index in [4.69, 9.17) is 5.11 Å². The molecule has 0 aromatic carbocycles. The molecule has 0 saturated heterocycles. The smallest absolute Gasteiger partial charge is 0.356 e. The van der Waals surface area contributed by atoms with E-state index >= 15 is 0 Å². The molecule has 0 aliphatic carbocycles. The summed E-state index contributed by atoms with van der Waals surface area (Å²) in [5, 5.41) is 9.52. The number of carboxylic acid groups (broad SMARTS) is 1. The van der Waals surface area contributed by atoms with Crippen molar-refractivity contribution < 1.29 is 19.4 Å². The minimum Gasteiger partial charge on any atom is -0.478 e. The molecule has 108 valence electrons. The number of methoxy groups -OCH3 is 1. The molecule has 21 heavy (non-hydrogen) atoms. The zero-order chi connectivity index (χ0) is 15.2. The van der Waals surface area contributed by atoms with Crippen LogP contribution in [0.3, 0.4) is 0 Å². The summed E-state index contributed by atoms with van der Waals surface area (Å²) in [6.45, 7) is 0. The lowest BCUT2D eigenvalue weighted by molar-refractivity contribution is 0.0593. The second-order valence-corrected chi connectivity index (χ2v) is 4.95. The molecule has 0 aliphatic heterocycles. The predicted octanol–water partition coefficient (Wildman–Crippen LogP) is 2.25. The van der Waals surface area contributed by atoms with Crippen molar-refractivity contribution in [2.24, 2.45) is 0 Å². The highest BCUT2D eigenvalue weighted by Crippen LogP contribution is 2.24. The lowest BCUT2D eigenvalue weighted by Gasteiger charge is -2.05. The topological polar surface area (TPSA) is 89.4 Å². The van der Waals surface area contributed by atoms with Gasteiger partial charge in [0.25, 0.3) is 0 Å². The van der Waals surface area contributed by atoms with Crippen LogP contribution >= 0.6 is 11.8 Å². The van der Waals surface area contributed by atoms with Crippen molar-refractivity contribution in [3.05, 3.63) is 53.5 Å². The second kappa shape index (κ2) is 6.85. The van der Waals surface area contributed by atoms with Gasteiger partial charge in [0.15, 0.2) is 0 Å². The molecule has 0 spiro atoms. The van der Waals surface area contributed by atoms with E-state index in [-0.39, 0.29) is 11.3 Å². The first-order chi connectivity index (χ1) is 10.1. The van der Waals surface area contributed by atoms with E-state index in [2.05, 4.69) is 14.7 Å². The molecule has 0 fully saturated rings. The summed E-state index contributed by atoms with van der Waals surface area (Å²) < 4.78 is 4.61. The van der Waals surface area contributed by atoms with Gasteiger partial charge in [-0.25, -0.2) is 19.6 Å². The third kappa shape index (κ3) is 3.79. The molecular weight excluding hydrogens is 292 g/mol. The molecule has 2 rings (SSSR count). The molecule has 0 saturated carbocycles. The Morgan fingerprint density at radius 2 is 2.10 bits per heavy atom. The van der Waals surface area contributed by atoms with E-state index in [1.165, 1.54) is 31.1 Å². The Hall–Kier alpha value is -2.41. The minimum absolute atomic E-state index is 0.157. The first kappa shape index (κ1) is 15.0. The second-order valence-electron chi connectivity index (χ2n) is 3.99. The van der Waals surface area contributed by atoms with E-state index < -0.39 is 11.9 Å². The number of ether oxygens (including phenoxy) is 1. The van der Waals surface area contributed by atoms with Crippen molar-refractivity contribution in [2.75, 3.05) is 7.11 Å². The van der Waals surface area contributed by atoms with Crippen LogP contribution in [0, 0.1) is 0 Å². The number of hydrogen-bond donors (Lipinski definition) is 1. The lowest BCUT2D eigenvalue weighted by Crippen LogP contribution is -2.04. The normalized spacial score (nSPS) is 10.1. The third-order valence-electron chi connectivity index (χ3n) is 2.60. The van der Waals surface area contributed by atoms with Gasteiger partial charge in [-0.2, -0.15) is 0 Å². The van der Waals surface area contributed by atoms with E-state index in [1.807, 2.05) is 0 Å². The molecule has 2 heterocycles. The van der Waals surface area contributed by atoms with Gasteiger partial charge in [0.2, 0.25) is 0 Å². The van der Waals surface area contributed by atoms with Gasteiger partial charge in [-0.3, -0.25) is 0 Å². The number of aromatic carboxylic acids is 1. The zero-order valence-electron chi connectivity index (χ0n) is 11.1. The summed E-state index contributed by atoms with van der Waals surface area (Å²) in [7, 11) is 1.29. The quantitative estimate of drug-likeness (QED) is 0.669. The van der Waals surface area contributed by atoms with E-state index in [0.717, 1.165) is 5.56 Å². The summed E-state index contributed by atoms with van der Waals surface area (Å²) in [5.74, 6) is -1.05. The summed E-state index contributed by atoms with van der Waals surface area (Å²) >= 11 is 1.28. The van der Waals surface area contributed by atoms with Crippen molar-refractivity contribution in [1.29, 1.82) is 0 Å². The molecule has 1 N–H and O–H groups in total. The van der Waals surface area contributed by atoms with E-state index in [1.54, 1.807) is 24.4 Å². The Morgan fingerprint density at radius 1 is 1.29 bits per heavy atom. The number of thioether (sulfide) groups is 1. The summed E-state index contributed by atoms with van der Waals surface area (Å²) in [6.07, 6.45) is 3.06. The van der Waals surface area contributed by atoms with Gasteiger partial charge in [0.1, 0.15) is 10.7 Å². The third-order valence-corrected chi connectivity index (χ3v) is 3.67. The van der Waals surface area contributed by atoms with Crippen molar-refractivity contribution in [1.82, 2.24) is 9.97 Å². The van der Waals surface area contributed by atoms with Crippen LogP contribution in [0.15, 0.2) is 41.7 Å². The highest BCUT2D eigenvalue weighted by Gasteiger charge is 2.12.